The number of halogens is 1. The maximum atomic E-state index is 13.1. The Balaban J connectivity index is 1.68. The van der Waals surface area contributed by atoms with Gasteiger partial charge >= 0.3 is 5.97 Å². The Bertz CT molecular complexity index is 1200. The van der Waals surface area contributed by atoms with E-state index in [-0.39, 0.29) is 12.1 Å². The minimum Gasteiger partial charge on any atom is -0.453 e. The second-order valence-corrected chi connectivity index (χ2v) is 8.32. The molecule has 30 heavy (non-hydrogen) atoms. The van der Waals surface area contributed by atoms with Gasteiger partial charge in [0, 0.05) is 16.5 Å². The molecule has 1 aliphatic rings. The molecule has 1 aliphatic heterocycles. The van der Waals surface area contributed by atoms with Gasteiger partial charge in [0.05, 0.1) is 5.56 Å². The quantitative estimate of drug-likeness (QED) is 0.303. The minimum absolute atomic E-state index is 0.247. The van der Waals surface area contributed by atoms with Crippen LogP contribution in [0.15, 0.2) is 102 Å². The van der Waals surface area contributed by atoms with Crippen molar-refractivity contribution in [2.45, 2.75) is 12.5 Å². The number of rotatable bonds is 4. The maximum absolute atomic E-state index is 13.1. The molecule has 0 aromatic heterocycles. The summed E-state index contributed by atoms with van der Waals surface area (Å²) in [4.78, 5) is 13.1. The lowest BCUT2D eigenvalue weighted by Crippen LogP contribution is -2.03. The first-order chi connectivity index (χ1) is 14.7. The second kappa shape index (κ2) is 7.92. The van der Waals surface area contributed by atoms with E-state index in [1.807, 2.05) is 66.7 Å². The average molecular weight is 455 g/mol. The molecule has 0 spiro atoms. The molecule has 4 aromatic carbocycles. The smallest absolute Gasteiger partial charge is 0.339 e. The van der Waals surface area contributed by atoms with Gasteiger partial charge in [0.1, 0.15) is 6.10 Å². The number of hydrogen-bond donors (Lipinski definition) is 0. The molecule has 2 nitrogen and oxygen atoms in total. The zero-order chi connectivity index (χ0) is 20.5. The van der Waals surface area contributed by atoms with E-state index in [0.29, 0.717) is 12.0 Å². The number of hydrogen-bond acceptors (Lipinski definition) is 2. The van der Waals surface area contributed by atoms with Crippen LogP contribution in [-0.2, 0) is 11.2 Å². The fourth-order valence-electron chi connectivity index (χ4n) is 4.13. The summed E-state index contributed by atoms with van der Waals surface area (Å²) in [5, 5.41) is 0. The Hall–Kier alpha value is -3.17. The summed E-state index contributed by atoms with van der Waals surface area (Å²) in [6.07, 6.45) is 0.330. The first-order valence-electron chi connectivity index (χ1n) is 9.94. The minimum atomic E-state index is -0.312. The molecular formula is C27H19BrO2. The first-order valence-corrected chi connectivity index (χ1v) is 10.7. The zero-order valence-electron chi connectivity index (χ0n) is 16.2. The summed E-state index contributed by atoms with van der Waals surface area (Å²) in [5.74, 6) is -0.247. The molecule has 0 N–H and O–H groups in total. The van der Waals surface area contributed by atoms with Crippen molar-refractivity contribution in [2.24, 2.45) is 0 Å². The van der Waals surface area contributed by atoms with Crippen LogP contribution in [0.25, 0.3) is 22.3 Å². The van der Waals surface area contributed by atoms with Crippen molar-refractivity contribution in [2.75, 3.05) is 0 Å². The Morgan fingerprint density at radius 1 is 0.700 bits per heavy atom. The van der Waals surface area contributed by atoms with Crippen LogP contribution in [0, 0.1) is 0 Å². The molecule has 0 amide bonds. The number of benzene rings is 4. The predicted molar refractivity (Wildman–Crippen MR) is 123 cm³/mol. The second-order valence-electron chi connectivity index (χ2n) is 7.41. The molecule has 3 heteroatoms. The van der Waals surface area contributed by atoms with E-state index < -0.39 is 0 Å². The van der Waals surface area contributed by atoms with Gasteiger partial charge in [-0.15, -0.1) is 0 Å². The van der Waals surface area contributed by atoms with Gasteiger partial charge in [0.15, 0.2) is 0 Å². The molecule has 0 aliphatic carbocycles. The Morgan fingerprint density at radius 2 is 1.27 bits per heavy atom. The summed E-state index contributed by atoms with van der Waals surface area (Å²) >= 11 is 3.49. The van der Waals surface area contributed by atoms with Gasteiger partial charge in [-0.1, -0.05) is 101 Å². The summed E-state index contributed by atoms with van der Waals surface area (Å²) in [5.41, 5.74) is 6.89. The molecule has 1 unspecified atom stereocenters. The zero-order valence-corrected chi connectivity index (χ0v) is 17.8. The summed E-state index contributed by atoms with van der Waals surface area (Å²) in [6, 6.07) is 32.6. The summed E-state index contributed by atoms with van der Waals surface area (Å²) < 4.78 is 6.97. The Morgan fingerprint density at radius 3 is 1.90 bits per heavy atom. The van der Waals surface area contributed by atoms with Crippen LogP contribution in [0.4, 0.5) is 0 Å². The van der Waals surface area contributed by atoms with Crippen LogP contribution in [0.3, 0.4) is 0 Å². The predicted octanol–water partition coefficient (Wildman–Crippen LogP) is 7.24. The van der Waals surface area contributed by atoms with Gasteiger partial charge in [-0.05, 0) is 39.9 Å². The van der Waals surface area contributed by atoms with Crippen molar-refractivity contribution in [1.82, 2.24) is 0 Å². The van der Waals surface area contributed by atoms with Gasteiger partial charge < -0.3 is 4.74 Å². The van der Waals surface area contributed by atoms with E-state index in [1.54, 1.807) is 0 Å². The third-order valence-corrected chi connectivity index (χ3v) is 6.05. The van der Waals surface area contributed by atoms with Crippen molar-refractivity contribution in [3.05, 3.63) is 118 Å². The van der Waals surface area contributed by atoms with Crippen molar-refractivity contribution < 1.29 is 9.53 Å². The molecule has 5 rings (SSSR count). The van der Waals surface area contributed by atoms with E-state index in [4.69, 9.17) is 4.74 Å². The van der Waals surface area contributed by atoms with E-state index in [0.717, 1.165) is 37.9 Å². The Labute approximate surface area is 184 Å². The highest BCUT2D eigenvalue weighted by Crippen LogP contribution is 2.44. The van der Waals surface area contributed by atoms with E-state index in [2.05, 4.69) is 46.3 Å². The molecule has 4 aromatic rings. The van der Waals surface area contributed by atoms with Crippen LogP contribution in [0.5, 0.6) is 0 Å². The summed E-state index contributed by atoms with van der Waals surface area (Å²) in [6.45, 7) is 0. The van der Waals surface area contributed by atoms with Crippen LogP contribution >= 0.6 is 15.9 Å². The lowest BCUT2D eigenvalue weighted by Gasteiger charge is -2.16. The van der Waals surface area contributed by atoms with E-state index >= 15 is 0 Å². The van der Waals surface area contributed by atoms with Crippen LogP contribution in [0.2, 0.25) is 0 Å². The van der Waals surface area contributed by atoms with Gasteiger partial charge in [0.2, 0.25) is 0 Å². The van der Waals surface area contributed by atoms with E-state index in [9.17, 15) is 4.79 Å². The van der Waals surface area contributed by atoms with Crippen LogP contribution in [0.1, 0.15) is 27.6 Å². The molecule has 0 fully saturated rings. The number of fused-ring (bicyclic) bond motifs is 1. The molecular weight excluding hydrogens is 436 g/mol. The van der Waals surface area contributed by atoms with Gasteiger partial charge in [0.25, 0.3) is 0 Å². The fraction of sp³-hybridized carbons (Fsp3) is 0.0741. The molecule has 1 heterocycles. The van der Waals surface area contributed by atoms with Crippen LogP contribution < -0.4 is 0 Å². The monoisotopic (exact) mass is 454 g/mol. The van der Waals surface area contributed by atoms with Crippen molar-refractivity contribution in [3.8, 4) is 22.3 Å². The number of esters is 1. The number of ether oxygens (including phenoxy) is 1. The maximum Gasteiger partial charge on any atom is 0.339 e. The SMILES string of the molecule is O=C1OC(Cc2ccc(Br)cc2)c2c(-c3ccccc3)ccc(-c3ccccc3)c21. The molecule has 1 atom stereocenters. The van der Waals surface area contributed by atoms with Crippen molar-refractivity contribution in [3.63, 3.8) is 0 Å². The number of carbonyl (C=O) groups is 1. The standard InChI is InChI=1S/C27H19BrO2/c28-21-13-11-18(12-14-21)17-24-25-22(19-7-3-1-4-8-19)15-16-23(26(25)27(29)30-24)20-9-5-2-6-10-20/h1-16,24H,17H2. The van der Waals surface area contributed by atoms with Crippen molar-refractivity contribution >= 4 is 21.9 Å². The largest absolute Gasteiger partial charge is 0.453 e. The van der Waals surface area contributed by atoms with E-state index in [1.165, 1.54) is 0 Å². The first kappa shape index (κ1) is 18.8. The number of cyclic esters (lactones) is 1. The normalized spacial score (nSPS) is 15.0. The molecule has 0 radical (unpaired) electrons. The highest BCUT2D eigenvalue weighted by molar-refractivity contribution is 9.10. The molecule has 0 saturated carbocycles. The third-order valence-electron chi connectivity index (χ3n) is 5.52. The van der Waals surface area contributed by atoms with Gasteiger partial charge in [-0.25, -0.2) is 4.79 Å². The van der Waals surface area contributed by atoms with Crippen LogP contribution in [-0.4, -0.2) is 5.97 Å². The average Bonchev–Trinajstić information content (AvgIpc) is 3.12. The molecule has 0 bridgehead atoms. The summed E-state index contributed by atoms with van der Waals surface area (Å²) in [7, 11) is 0. The topological polar surface area (TPSA) is 26.3 Å². The number of carbonyl (C=O) groups excluding carboxylic acids is 1. The Kier molecular flexibility index (Phi) is 4.97. The fourth-order valence-corrected chi connectivity index (χ4v) is 4.39. The molecule has 146 valence electrons. The van der Waals surface area contributed by atoms with Gasteiger partial charge in [-0.3, -0.25) is 0 Å². The molecule has 0 saturated heterocycles. The third kappa shape index (κ3) is 3.46. The lowest BCUT2D eigenvalue weighted by atomic mass is 9.86. The highest BCUT2D eigenvalue weighted by Gasteiger charge is 2.36. The van der Waals surface area contributed by atoms with Crippen molar-refractivity contribution in [1.29, 1.82) is 0 Å². The van der Waals surface area contributed by atoms with Gasteiger partial charge in [-0.2, -0.15) is 0 Å². The lowest BCUT2D eigenvalue weighted by molar-refractivity contribution is 0.0388. The highest BCUT2D eigenvalue weighted by atomic mass is 79.9.